The minimum absolute atomic E-state index is 0.144. The second-order valence-electron chi connectivity index (χ2n) is 7.04. The molecule has 158 valence electrons. The Morgan fingerprint density at radius 2 is 1.66 bits per heavy atom. The summed E-state index contributed by atoms with van der Waals surface area (Å²) >= 11 is 0. The maximum atomic E-state index is 12.9. The number of hydrogen-bond acceptors (Lipinski definition) is 3. The highest BCUT2D eigenvalue weighted by Crippen LogP contribution is 2.27. The van der Waals surface area contributed by atoms with E-state index in [2.05, 4.69) is 5.32 Å². The molecule has 2 rings (SSSR count). The molecular formula is C21H24F4N2O2. The molecule has 0 spiro atoms. The molecule has 4 nitrogen and oxygen atoms in total. The van der Waals surface area contributed by atoms with Crippen LogP contribution in [0.2, 0.25) is 0 Å². The molecule has 0 atom stereocenters. The molecule has 0 fully saturated rings. The number of hydrogen-bond donors (Lipinski definition) is 1. The zero-order valence-electron chi connectivity index (χ0n) is 16.6. The number of nitrogens with one attached hydrogen (secondary N) is 1. The van der Waals surface area contributed by atoms with E-state index in [1.165, 1.54) is 12.1 Å². The number of ether oxygens (including phenoxy) is 1. The van der Waals surface area contributed by atoms with Crippen molar-refractivity contribution >= 4 is 5.91 Å². The molecular weight excluding hydrogens is 388 g/mol. The summed E-state index contributed by atoms with van der Waals surface area (Å²) in [5, 5.41) is 2.77. The number of carbonyl (C=O) groups is 1. The van der Waals surface area contributed by atoms with Gasteiger partial charge in [-0.2, -0.15) is 13.2 Å². The highest BCUT2D eigenvalue weighted by atomic mass is 19.4. The number of nitrogens with zero attached hydrogens (tertiary/aromatic N) is 1. The highest BCUT2D eigenvalue weighted by molar-refractivity contribution is 5.77. The van der Waals surface area contributed by atoms with Gasteiger partial charge in [0.05, 0.1) is 6.54 Å². The van der Waals surface area contributed by atoms with Crippen LogP contribution in [0.15, 0.2) is 36.4 Å². The van der Waals surface area contributed by atoms with Gasteiger partial charge in [-0.3, -0.25) is 9.69 Å². The van der Waals surface area contributed by atoms with Crippen molar-refractivity contribution in [2.75, 3.05) is 20.2 Å². The first-order valence-electron chi connectivity index (χ1n) is 9.03. The van der Waals surface area contributed by atoms with Crippen LogP contribution in [-0.2, 0) is 17.9 Å². The summed E-state index contributed by atoms with van der Waals surface area (Å²) in [5.41, 5.74) is 2.88. The standard InChI is InChI=1S/C21H24F4N2O2/c1-14-8-17(9-15(2)20(14)29-13-21(23,24)25)11-27(3)12-19(28)26-10-16-4-6-18(22)7-5-16/h4-9H,10-13H2,1-3H3,(H,26,28). The van der Waals surface area contributed by atoms with Crippen LogP contribution < -0.4 is 10.1 Å². The summed E-state index contributed by atoms with van der Waals surface area (Å²) in [6.07, 6.45) is -4.39. The number of aryl methyl sites for hydroxylation is 2. The lowest BCUT2D eigenvalue weighted by Gasteiger charge is -2.19. The number of rotatable bonds is 8. The Labute approximate surface area is 167 Å². The number of alkyl halides is 3. The molecule has 29 heavy (non-hydrogen) atoms. The Kier molecular flexibility index (Phi) is 7.61. The largest absolute Gasteiger partial charge is 0.484 e. The Morgan fingerprint density at radius 3 is 2.21 bits per heavy atom. The van der Waals surface area contributed by atoms with Crippen LogP contribution in [-0.4, -0.2) is 37.2 Å². The predicted molar refractivity (Wildman–Crippen MR) is 102 cm³/mol. The molecule has 0 bridgehead atoms. The number of carbonyl (C=O) groups excluding carboxylic acids is 1. The van der Waals surface area contributed by atoms with Gasteiger partial charge in [0.1, 0.15) is 11.6 Å². The summed E-state index contributed by atoms with van der Waals surface area (Å²) in [6, 6.07) is 9.39. The summed E-state index contributed by atoms with van der Waals surface area (Å²) in [7, 11) is 1.77. The van der Waals surface area contributed by atoms with Gasteiger partial charge in [-0.1, -0.05) is 24.3 Å². The van der Waals surface area contributed by atoms with Gasteiger partial charge in [-0.15, -0.1) is 0 Å². The molecule has 0 aliphatic carbocycles. The lowest BCUT2D eigenvalue weighted by Crippen LogP contribution is -2.34. The fourth-order valence-corrected chi connectivity index (χ4v) is 2.98. The van der Waals surface area contributed by atoms with Crippen molar-refractivity contribution in [1.82, 2.24) is 10.2 Å². The Balaban J connectivity index is 1.88. The Bertz CT molecular complexity index is 813. The first-order chi connectivity index (χ1) is 13.5. The fraction of sp³-hybridized carbons (Fsp3) is 0.381. The minimum atomic E-state index is -4.39. The smallest absolute Gasteiger partial charge is 0.422 e. The molecule has 0 radical (unpaired) electrons. The monoisotopic (exact) mass is 412 g/mol. The molecule has 2 aromatic carbocycles. The van der Waals surface area contributed by atoms with Crippen LogP contribution in [0, 0.1) is 19.7 Å². The zero-order valence-corrected chi connectivity index (χ0v) is 16.6. The molecule has 0 aromatic heterocycles. The van der Waals surface area contributed by atoms with Gasteiger partial charge in [-0.25, -0.2) is 4.39 Å². The minimum Gasteiger partial charge on any atom is -0.484 e. The van der Waals surface area contributed by atoms with E-state index < -0.39 is 12.8 Å². The number of benzene rings is 2. The maximum Gasteiger partial charge on any atom is 0.422 e. The third-order valence-electron chi connectivity index (χ3n) is 4.17. The van der Waals surface area contributed by atoms with Gasteiger partial charge in [-0.05, 0) is 55.3 Å². The van der Waals surface area contributed by atoms with E-state index >= 15 is 0 Å². The van der Waals surface area contributed by atoms with Crippen LogP contribution in [0.5, 0.6) is 5.75 Å². The van der Waals surface area contributed by atoms with Crippen molar-refractivity contribution < 1.29 is 27.1 Å². The van der Waals surface area contributed by atoms with E-state index in [-0.39, 0.29) is 24.0 Å². The van der Waals surface area contributed by atoms with Crippen molar-refractivity contribution in [2.45, 2.75) is 33.1 Å². The van der Waals surface area contributed by atoms with Gasteiger partial charge >= 0.3 is 6.18 Å². The molecule has 0 saturated heterocycles. The third kappa shape index (κ3) is 7.73. The highest BCUT2D eigenvalue weighted by Gasteiger charge is 2.29. The predicted octanol–water partition coefficient (Wildman–Crippen LogP) is 4.13. The molecule has 0 unspecified atom stereocenters. The molecule has 0 aliphatic rings. The van der Waals surface area contributed by atoms with E-state index in [0.717, 1.165) is 11.1 Å². The zero-order chi connectivity index (χ0) is 21.6. The average molecular weight is 412 g/mol. The summed E-state index contributed by atoms with van der Waals surface area (Å²) in [6.45, 7) is 2.95. The van der Waals surface area contributed by atoms with Gasteiger partial charge in [0.2, 0.25) is 5.91 Å². The molecule has 0 aliphatic heterocycles. The maximum absolute atomic E-state index is 12.9. The van der Waals surface area contributed by atoms with Crippen molar-refractivity contribution in [3.05, 3.63) is 64.5 Å². The van der Waals surface area contributed by atoms with Crippen LogP contribution in [0.3, 0.4) is 0 Å². The summed E-state index contributed by atoms with van der Waals surface area (Å²) in [5.74, 6) is -0.290. The van der Waals surface area contributed by atoms with Crippen LogP contribution in [0.25, 0.3) is 0 Å². The second kappa shape index (κ2) is 9.73. The van der Waals surface area contributed by atoms with Crippen molar-refractivity contribution in [3.8, 4) is 5.75 Å². The SMILES string of the molecule is Cc1cc(CN(C)CC(=O)NCc2ccc(F)cc2)cc(C)c1OCC(F)(F)F. The summed E-state index contributed by atoms with van der Waals surface area (Å²) < 4.78 is 54.9. The first kappa shape index (κ1) is 22.7. The lowest BCUT2D eigenvalue weighted by atomic mass is 10.1. The van der Waals surface area contributed by atoms with E-state index in [0.29, 0.717) is 24.2 Å². The van der Waals surface area contributed by atoms with Crippen molar-refractivity contribution in [3.63, 3.8) is 0 Å². The van der Waals surface area contributed by atoms with Gasteiger partial charge in [0.15, 0.2) is 6.61 Å². The quantitative estimate of drug-likeness (QED) is 0.663. The van der Waals surface area contributed by atoms with E-state index in [4.69, 9.17) is 4.74 Å². The van der Waals surface area contributed by atoms with Gasteiger partial charge in [0.25, 0.3) is 0 Å². The Hall–Kier alpha value is -2.61. The third-order valence-corrected chi connectivity index (χ3v) is 4.17. The molecule has 2 aromatic rings. The molecule has 0 saturated carbocycles. The fourth-order valence-electron chi connectivity index (χ4n) is 2.98. The van der Waals surface area contributed by atoms with Gasteiger partial charge < -0.3 is 10.1 Å². The van der Waals surface area contributed by atoms with Crippen LogP contribution in [0.1, 0.15) is 22.3 Å². The second-order valence-corrected chi connectivity index (χ2v) is 7.04. The first-order valence-corrected chi connectivity index (χ1v) is 9.03. The molecule has 0 heterocycles. The molecule has 1 amide bonds. The normalized spacial score (nSPS) is 11.6. The Morgan fingerprint density at radius 1 is 1.07 bits per heavy atom. The summed E-state index contributed by atoms with van der Waals surface area (Å²) in [4.78, 5) is 13.9. The number of halogens is 4. The van der Waals surface area contributed by atoms with E-state index in [1.54, 1.807) is 50.1 Å². The number of amides is 1. The van der Waals surface area contributed by atoms with Crippen LogP contribution in [0.4, 0.5) is 17.6 Å². The van der Waals surface area contributed by atoms with Crippen LogP contribution >= 0.6 is 0 Å². The van der Waals surface area contributed by atoms with E-state index in [1.807, 2.05) is 0 Å². The molecule has 1 N–H and O–H groups in total. The number of likely N-dealkylation sites (N-methyl/N-ethyl adjacent to an activating group) is 1. The van der Waals surface area contributed by atoms with Crippen molar-refractivity contribution in [2.24, 2.45) is 0 Å². The van der Waals surface area contributed by atoms with Gasteiger partial charge in [0, 0.05) is 13.1 Å². The lowest BCUT2D eigenvalue weighted by molar-refractivity contribution is -0.153. The molecule has 8 heteroatoms. The average Bonchev–Trinajstić information content (AvgIpc) is 2.59. The van der Waals surface area contributed by atoms with E-state index in [9.17, 15) is 22.4 Å². The topological polar surface area (TPSA) is 41.6 Å². The van der Waals surface area contributed by atoms with Crippen molar-refractivity contribution in [1.29, 1.82) is 0 Å².